The molecule has 0 saturated carbocycles. The van der Waals surface area contributed by atoms with E-state index in [-0.39, 0.29) is 12.1 Å². The summed E-state index contributed by atoms with van der Waals surface area (Å²) in [5.74, 6) is 0.753. The predicted octanol–water partition coefficient (Wildman–Crippen LogP) is 9.94. The molecule has 0 N–H and O–H groups in total. The molecule has 37 heavy (non-hydrogen) atoms. The number of unbranched alkanes of at least 4 members (excludes halogenated alkanes) is 8. The Hall–Kier alpha value is -3.07. The molecule has 3 aromatic carbocycles. The van der Waals surface area contributed by atoms with Gasteiger partial charge in [-0.05, 0) is 53.3 Å². The Morgan fingerprint density at radius 3 is 1.73 bits per heavy atom. The molecule has 3 aromatic rings. The van der Waals surface area contributed by atoms with Gasteiger partial charge in [0.1, 0.15) is 11.9 Å². The zero-order valence-corrected chi connectivity index (χ0v) is 23.0. The SMILES string of the molecule is CCCCCCCCCCCOc1ccc(-c2ccccc2-c2ccc(C(C)OC(=O)CC)cc2)cc1. The summed E-state index contributed by atoms with van der Waals surface area (Å²) < 4.78 is 11.5. The van der Waals surface area contributed by atoms with Crippen LogP contribution in [0.2, 0.25) is 0 Å². The molecule has 0 amide bonds. The molecule has 1 unspecified atom stereocenters. The van der Waals surface area contributed by atoms with Crippen molar-refractivity contribution in [3.63, 3.8) is 0 Å². The van der Waals surface area contributed by atoms with E-state index in [2.05, 4.69) is 67.6 Å². The Bertz CT molecular complexity index is 1050. The molecule has 3 rings (SSSR count). The summed E-state index contributed by atoms with van der Waals surface area (Å²) in [5, 5.41) is 0. The van der Waals surface area contributed by atoms with Crippen LogP contribution in [0.15, 0.2) is 72.8 Å². The van der Waals surface area contributed by atoms with E-state index in [1.54, 1.807) is 0 Å². The molecule has 0 radical (unpaired) electrons. The monoisotopic (exact) mass is 500 g/mol. The third kappa shape index (κ3) is 9.39. The van der Waals surface area contributed by atoms with Crippen molar-refractivity contribution < 1.29 is 14.3 Å². The lowest BCUT2D eigenvalue weighted by Crippen LogP contribution is -2.07. The normalized spacial score (nSPS) is 11.8. The smallest absolute Gasteiger partial charge is 0.306 e. The van der Waals surface area contributed by atoms with Crippen LogP contribution in [0.3, 0.4) is 0 Å². The van der Waals surface area contributed by atoms with Gasteiger partial charge >= 0.3 is 5.97 Å². The van der Waals surface area contributed by atoms with Gasteiger partial charge in [0.2, 0.25) is 0 Å². The first kappa shape index (κ1) is 28.5. The van der Waals surface area contributed by atoms with Crippen molar-refractivity contribution >= 4 is 5.97 Å². The first-order valence-electron chi connectivity index (χ1n) is 14.2. The highest BCUT2D eigenvalue weighted by Crippen LogP contribution is 2.33. The molecule has 0 spiro atoms. The fraction of sp³-hybridized carbons (Fsp3) is 0.441. The van der Waals surface area contributed by atoms with Gasteiger partial charge in [-0.25, -0.2) is 0 Å². The first-order valence-corrected chi connectivity index (χ1v) is 14.2. The van der Waals surface area contributed by atoms with Gasteiger partial charge < -0.3 is 9.47 Å². The van der Waals surface area contributed by atoms with Gasteiger partial charge in [0, 0.05) is 6.42 Å². The van der Waals surface area contributed by atoms with E-state index in [0.29, 0.717) is 6.42 Å². The lowest BCUT2D eigenvalue weighted by atomic mass is 9.94. The van der Waals surface area contributed by atoms with Gasteiger partial charge in [-0.2, -0.15) is 0 Å². The average molecular weight is 501 g/mol. The van der Waals surface area contributed by atoms with Gasteiger partial charge in [0.25, 0.3) is 0 Å². The Morgan fingerprint density at radius 2 is 1.19 bits per heavy atom. The van der Waals surface area contributed by atoms with Crippen molar-refractivity contribution in [2.75, 3.05) is 6.61 Å². The van der Waals surface area contributed by atoms with E-state index < -0.39 is 0 Å². The van der Waals surface area contributed by atoms with Crippen molar-refractivity contribution in [1.82, 2.24) is 0 Å². The molecule has 0 bridgehead atoms. The van der Waals surface area contributed by atoms with Crippen LogP contribution in [0.5, 0.6) is 5.75 Å². The Kier molecular flexibility index (Phi) is 12.3. The summed E-state index contributed by atoms with van der Waals surface area (Å²) in [5.41, 5.74) is 5.66. The lowest BCUT2D eigenvalue weighted by molar-refractivity contribution is -0.148. The van der Waals surface area contributed by atoms with Crippen LogP contribution < -0.4 is 4.74 Å². The molecule has 1 atom stereocenters. The zero-order chi connectivity index (χ0) is 26.3. The van der Waals surface area contributed by atoms with Crippen LogP contribution in [0.4, 0.5) is 0 Å². The van der Waals surface area contributed by atoms with Crippen LogP contribution >= 0.6 is 0 Å². The Balaban J connectivity index is 1.52. The summed E-state index contributed by atoms with van der Waals surface area (Å²) in [6.07, 6.45) is 12.0. The van der Waals surface area contributed by atoms with Crippen molar-refractivity contribution in [2.24, 2.45) is 0 Å². The highest BCUT2D eigenvalue weighted by molar-refractivity contribution is 5.83. The molecule has 0 aliphatic rings. The maximum absolute atomic E-state index is 11.6. The van der Waals surface area contributed by atoms with Crippen LogP contribution in [0.25, 0.3) is 22.3 Å². The van der Waals surface area contributed by atoms with Gasteiger partial charge in [-0.1, -0.05) is 126 Å². The molecule has 0 aliphatic carbocycles. The van der Waals surface area contributed by atoms with Gasteiger partial charge in [0.05, 0.1) is 6.61 Å². The molecule has 0 saturated heterocycles. The number of ether oxygens (including phenoxy) is 2. The van der Waals surface area contributed by atoms with E-state index >= 15 is 0 Å². The topological polar surface area (TPSA) is 35.5 Å². The van der Waals surface area contributed by atoms with E-state index in [9.17, 15) is 4.79 Å². The predicted molar refractivity (Wildman–Crippen MR) is 155 cm³/mol. The van der Waals surface area contributed by atoms with E-state index in [0.717, 1.165) is 29.9 Å². The van der Waals surface area contributed by atoms with Crippen molar-refractivity contribution in [1.29, 1.82) is 0 Å². The fourth-order valence-corrected chi connectivity index (χ4v) is 4.60. The molecule has 3 nitrogen and oxygen atoms in total. The van der Waals surface area contributed by atoms with Crippen molar-refractivity contribution in [3.05, 3.63) is 78.4 Å². The lowest BCUT2D eigenvalue weighted by Gasteiger charge is -2.15. The number of hydrogen-bond donors (Lipinski definition) is 0. The van der Waals surface area contributed by atoms with E-state index in [4.69, 9.17) is 9.47 Å². The molecule has 0 heterocycles. The summed E-state index contributed by atoms with van der Waals surface area (Å²) in [6, 6.07) is 25.2. The minimum absolute atomic E-state index is 0.178. The van der Waals surface area contributed by atoms with Crippen molar-refractivity contribution in [2.45, 2.75) is 91.1 Å². The maximum Gasteiger partial charge on any atom is 0.306 e. The molecular weight excluding hydrogens is 456 g/mol. The summed E-state index contributed by atoms with van der Waals surface area (Å²) in [4.78, 5) is 11.6. The third-order valence-electron chi connectivity index (χ3n) is 6.90. The Labute approximate surface area is 224 Å². The van der Waals surface area contributed by atoms with Gasteiger partial charge in [-0.15, -0.1) is 0 Å². The second kappa shape index (κ2) is 15.9. The van der Waals surface area contributed by atoms with Gasteiger partial charge in [-0.3, -0.25) is 4.79 Å². The largest absolute Gasteiger partial charge is 0.494 e. The number of carbonyl (C=O) groups is 1. The molecule has 198 valence electrons. The first-order chi connectivity index (χ1) is 18.1. The van der Waals surface area contributed by atoms with Crippen LogP contribution in [0.1, 0.15) is 96.6 Å². The second-order valence-electron chi connectivity index (χ2n) is 9.85. The minimum Gasteiger partial charge on any atom is -0.494 e. The van der Waals surface area contributed by atoms with Crippen LogP contribution in [0, 0.1) is 0 Å². The zero-order valence-electron chi connectivity index (χ0n) is 23.0. The third-order valence-corrected chi connectivity index (χ3v) is 6.90. The number of hydrogen-bond acceptors (Lipinski definition) is 3. The van der Waals surface area contributed by atoms with E-state index in [1.807, 2.05) is 26.0 Å². The highest BCUT2D eigenvalue weighted by Gasteiger charge is 2.12. The highest BCUT2D eigenvalue weighted by atomic mass is 16.5. The number of rotatable bonds is 16. The second-order valence-corrected chi connectivity index (χ2v) is 9.85. The Morgan fingerprint density at radius 1 is 0.676 bits per heavy atom. The number of benzene rings is 3. The number of esters is 1. The molecular formula is C34H44O3. The molecule has 3 heteroatoms. The average Bonchev–Trinajstić information content (AvgIpc) is 2.94. The van der Waals surface area contributed by atoms with Crippen LogP contribution in [-0.4, -0.2) is 12.6 Å². The maximum atomic E-state index is 11.6. The summed E-state index contributed by atoms with van der Waals surface area (Å²) >= 11 is 0. The van der Waals surface area contributed by atoms with Crippen LogP contribution in [-0.2, 0) is 9.53 Å². The number of carbonyl (C=O) groups excluding carboxylic acids is 1. The van der Waals surface area contributed by atoms with Crippen molar-refractivity contribution in [3.8, 4) is 28.0 Å². The fourth-order valence-electron chi connectivity index (χ4n) is 4.60. The summed E-state index contributed by atoms with van der Waals surface area (Å²) in [6.45, 7) is 6.77. The summed E-state index contributed by atoms with van der Waals surface area (Å²) in [7, 11) is 0. The molecule has 0 fully saturated rings. The minimum atomic E-state index is -0.250. The standard InChI is InChI=1S/C34H44O3/c1-4-6-7-8-9-10-11-12-15-26-36-31-24-22-30(23-25-31)33-17-14-13-16-32(33)29-20-18-28(19-21-29)27(3)37-34(35)5-2/h13-14,16-25,27H,4-12,15,26H2,1-3H3. The molecule has 0 aliphatic heterocycles. The molecule has 0 aromatic heterocycles. The van der Waals surface area contributed by atoms with E-state index in [1.165, 1.54) is 68.1 Å². The van der Waals surface area contributed by atoms with Gasteiger partial charge in [0.15, 0.2) is 0 Å². The quantitative estimate of drug-likeness (QED) is 0.145.